The fraction of sp³-hybridized carbons (Fsp3) is 0.154. The molecule has 0 fully saturated rings. The van der Waals surface area contributed by atoms with E-state index in [0.717, 1.165) is 10.8 Å². The smallest absolute Gasteiger partial charge is 0.178 e. The first kappa shape index (κ1) is 8.95. The van der Waals surface area contributed by atoms with E-state index in [9.17, 15) is 4.79 Å². The number of fused-ring (bicyclic) bond motifs is 1. The zero-order valence-electron chi connectivity index (χ0n) is 8.37. The van der Waals surface area contributed by atoms with Crippen molar-refractivity contribution < 1.29 is 0 Å². The Hall–Kier alpha value is -1.63. The van der Waals surface area contributed by atoms with Crippen molar-refractivity contribution in [2.24, 2.45) is 0 Å². The number of rotatable bonds is 0. The van der Waals surface area contributed by atoms with E-state index in [1.54, 1.807) is 12.1 Å². The minimum absolute atomic E-state index is 0.0556. The van der Waals surface area contributed by atoms with Crippen LogP contribution in [0.25, 0.3) is 10.8 Å². The van der Waals surface area contributed by atoms with Gasteiger partial charge < -0.3 is 0 Å². The summed E-state index contributed by atoms with van der Waals surface area (Å²) in [5.74, 6) is 0. The zero-order chi connectivity index (χ0) is 10.1. The number of hydrogen-bond acceptors (Lipinski definition) is 1. The second-order valence-corrected chi connectivity index (χ2v) is 3.60. The first-order chi connectivity index (χ1) is 6.68. The first-order valence-electron chi connectivity index (χ1n) is 4.69. The lowest BCUT2D eigenvalue weighted by Gasteiger charge is -2.01. The molecule has 0 saturated heterocycles. The fourth-order valence-corrected chi connectivity index (χ4v) is 1.68. The molecule has 2 aromatic carbocycles. The summed E-state index contributed by atoms with van der Waals surface area (Å²) in [5.41, 5.74) is 2.47. The van der Waals surface area contributed by atoms with Crippen LogP contribution in [-0.4, -0.2) is 0 Å². The molecule has 0 bridgehead atoms. The van der Waals surface area contributed by atoms with E-state index in [1.807, 2.05) is 12.1 Å². The SMILES string of the molecule is Cc1ccc(C)c2ccc(=O)ccc12. The van der Waals surface area contributed by atoms with Gasteiger partial charge in [0.05, 0.1) is 0 Å². The van der Waals surface area contributed by atoms with E-state index in [1.165, 1.54) is 11.1 Å². The number of benzene rings is 1. The predicted molar refractivity (Wildman–Crippen MR) is 59.7 cm³/mol. The largest absolute Gasteiger partial charge is 0.290 e. The van der Waals surface area contributed by atoms with Crippen molar-refractivity contribution in [3.05, 3.63) is 57.7 Å². The number of hydrogen-bond donors (Lipinski definition) is 0. The second kappa shape index (κ2) is 3.26. The molecule has 70 valence electrons. The van der Waals surface area contributed by atoms with E-state index in [2.05, 4.69) is 26.0 Å². The lowest BCUT2D eigenvalue weighted by Crippen LogP contribution is -1.87. The normalized spacial score (nSPS) is 10.4. The second-order valence-electron chi connectivity index (χ2n) is 3.60. The van der Waals surface area contributed by atoms with Crippen molar-refractivity contribution in [3.63, 3.8) is 0 Å². The lowest BCUT2D eigenvalue weighted by atomic mass is 10.0. The molecule has 0 saturated carbocycles. The van der Waals surface area contributed by atoms with Gasteiger partial charge in [-0.05, 0) is 47.9 Å². The van der Waals surface area contributed by atoms with Gasteiger partial charge in [-0.1, -0.05) is 24.3 Å². The van der Waals surface area contributed by atoms with Crippen LogP contribution in [0.1, 0.15) is 11.1 Å². The maximum Gasteiger partial charge on any atom is 0.178 e. The molecular weight excluding hydrogens is 172 g/mol. The van der Waals surface area contributed by atoms with Crippen molar-refractivity contribution in [3.8, 4) is 0 Å². The Morgan fingerprint density at radius 3 is 1.57 bits per heavy atom. The Kier molecular flexibility index (Phi) is 2.08. The molecule has 0 unspecified atom stereocenters. The molecule has 0 heterocycles. The van der Waals surface area contributed by atoms with Crippen LogP contribution in [0.3, 0.4) is 0 Å². The van der Waals surface area contributed by atoms with Crippen molar-refractivity contribution in [1.29, 1.82) is 0 Å². The Labute approximate surface area is 83.0 Å². The molecular formula is C13H12O. The molecule has 0 aromatic heterocycles. The molecule has 2 aromatic rings. The summed E-state index contributed by atoms with van der Waals surface area (Å²) < 4.78 is 0. The monoisotopic (exact) mass is 184 g/mol. The van der Waals surface area contributed by atoms with E-state index in [4.69, 9.17) is 0 Å². The summed E-state index contributed by atoms with van der Waals surface area (Å²) in [6, 6.07) is 11.2. The third kappa shape index (κ3) is 1.41. The van der Waals surface area contributed by atoms with Crippen LogP contribution in [0.15, 0.2) is 41.2 Å². The van der Waals surface area contributed by atoms with Gasteiger partial charge in [0.1, 0.15) is 0 Å². The van der Waals surface area contributed by atoms with Gasteiger partial charge in [-0.25, -0.2) is 0 Å². The summed E-state index contributed by atoms with van der Waals surface area (Å²) in [6.07, 6.45) is 0. The molecule has 0 atom stereocenters. The van der Waals surface area contributed by atoms with Crippen LogP contribution in [0.5, 0.6) is 0 Å². The molecule has 0 amide bonds. The molecule has 0 aliphatic heterocycles. The average Bonchev–Trinajstić information content (AvgIpc) is 2.35. The van der Waals surface area contributed by atoms with Crippen LogP contribution in [0, 0.1) is 13.8 Å². The highest BCUT2D eigenvalue weighted by molar-refractivity contribution is 5.87. The number of aryl methyl sites for hydroxylation is 2. The van der Waals surface area contributed by atoms with Gasteiger partial charge in [0.15, 0.2) is 5.43 Å². The Morgan fingerprint density at radius 1 is 0.714 bits per heavy atom. The summed E-state index contributed by atoms with van der Waals surface area (Å²) in [5, 5.41) is 2.32. The van der Waals surface area contributed by atoms with Gasteiger partial charge in [-0.15, -0.1) is 0 Å². The summed E-state index contributed by atoms with van der Waals surface area (Å²) >= 11 is 0. The van der Waals surface area contributed by atoms with Gasteiger partial charge in [0.25, 0.3) is 0 Å². The van der Waals surface area contributed by atoms with E-state index in [0.29, 0.717) is 0 Å². The van der Waals surface area contributed by atoms with E-state index >= 15 is 0 Å². The minimum atomic E-state index is 0.0556. The quantitative estimate of drug-likeness (QED) is 0.615. The molecule has 0 aliphatic rings. The van der Waals surface area contributed by atoms with E-state index < -0.39 is 0 Å². The summed E-state index contributed by atoms with van der Waals surface area (Å²) in [7, 11) is 0. The topological polar surface area (TPSA) is 17.1 Å². The first-order valence-corrected chi connectivity index (χ1v) is 4.69. The Bertz CT molecular complexity index is 494. The summed E-state index contributed by atoms with van der Waals surface area (Å²) in [4.78, 5) is 11.2. The standard InChI is InChI=1S/C13H12O/c1-9-3-4-10(2)13-8-6-11(14)5-7-12(9)13/h3-8H,1-2H3. The van der Waals surface area contributed by atoms with E-state index in [-0.39, 0.29) is 5.43 Å². The Balaban J connectivity index is 3.02. The van der Waals surface area contributed by atoms with Crippen molar-refractivity contribution in [2.75, 3.05) is 0 Å². The van der Waals surface area contributed by atoms with Crippen LogP contribution < -0.4 is 5.43 Å². The highest BCUT2D eigenvalue weighted by atomic mass is 16.1. The lowest BCUT2D eigenvalue weighted by molar-refractivity contribution is 1.47. The molecule has 1 heteroatoms. The maximum atomic E-state index is 11.2. The third-order valence-electron chi connectivity index (χ3n) is 2.55. The van der Waals surface area contributed by atoms with Gasteiger partial charge >= 0.3 is 0 Å². The van der Waals surface area contributed by atoms with Crippen LogP contribution >= 0.6 is 0 Å². The average molecular weight is 184 g/mol. The summed E-state index contributed by atoms with van der Waals surface area (Å²) in [6.45, 7) is 4.12. The molecule has 0 spiro atoms. The minimum Gasteiger partial charge on any atom is -0.290 e. The molecule has 1 nitrogen and oxygen atoms in total. The predicted octanol–water partition coefficient (Wildman–Crippen LogP) is 2.82. The molecule has 14 heavy (non-hydrogen) atoms. The van der Waals surface area contributed by atoms with Crippen molar-refractivity contribution >= 4 is 10.8 Å². The highest BCUT2D eigenvalue weighted by Gasteiger charge is 1.97. The van der Waals surface area contributed by atoms with Gasteiger partial charge in [-0.2, -0.15) is 0 Å². The van der Waals surface area contributed by atoms with Crippen LogP contribution in [0.4, 0.5) is 0 Å². The fourth-order valence-electron chi connectivity index (χ4n) is 1.68. The van der Waals surface area contributed by atoms with Gasteiger partial charge in [0.2, 0.25) is 0 Å². The van der Waals surface area contributed by atoms with Gasteiger partial charge in [-0.3, -0.25) is 4.79 Å². The molecule has 0 N–H and O–H groups in total. The molecule has 0 radical (unpaired) electrons. The molecule has 0 aliphatic carbocycles. The van der Waals surface area contributed by atoms with Crippen LogP contribution in [-0.2, 0) is 0 Å². The maximum absolute atomic E-state index is 11.2. The molecule has 2 rings (SSSR count). The zero-order valence-corrected chi connectivity index (χ0v) is 8.37. The van der Waals surface area contributed by atoms with Gasteiger partial charge in [0, 0.05) is 0 Å². The van der Waals surface area contributed by atoms with Crippen molar-refractivity contribution in [1.82, 2.24) is 0 Å². The Morgan fingerprint density at radius 2 is 1.14 bits per heavy atom. The van der Waals surface area contributed by atoms with Crippen molar-refractivity contribution in [2.45, 2.75) is 13.8 Å². The highest BCUT2D eigenvalue weighted by Crippen LogP contribution is 2.19. The third-order valence-corrected chi connectivity index (χ3v) is 2.55. The van der Waals surface area contributed by atoms with Crippen LogP contribution in [0.2, 0.25) is 0 Å².